The van der Waals surface area contributed by atoms with Crippen molar-refractivity contribution in [2.75, 3.05) is 0 Å². The van der Waals surface area contributed by atoms with E-state index in [-0.39, 0.29) is 16.0 Å². The van der Waals surface area contributed by atoms with Crippen LogP contribution in [0.2, 0.25) is 0 Å². The Balaban J connectivity index is 1.91. The van der Waals surface area contributed by atoms with Crippen LogP contribution in [0.15, 0.2) is 65.0 Å². The van der Waals surface area contributed by atoms with Gasteiger partial charge < -0.3 is 0 Å². The number of amides is 2. The molecular formula is C17H13NO4S. The van der Waals surface area contributed by atoms with Gasteiger partial charge in [-0.2, -0.15) is 0 Å². The van der Waals surface area contributed by atoms with Crippen molar-refractivity contribution in [2.24, 2.45) is 0 Å². The van der Waals surface area contributed by atoms with Gasteiger partial charge in [-0.3, -0.25) is 9.59 Å². The molecule has 0 aromatic heterocycles. The molecule has 0 fully saturated rings. The average Bonchev–Trinajstić information content (AvgIpc) is 2.78. The normalized spacial score (nSPS) is 14.6. The second kappa shape index (κ2) is 5.48. The highest BCUT2D eigenvalue weighted by Crippen LogP contribution is 2.23. The second-order valence-electron chi connectivity index (χ2n) is 5.17. The standard InChI is InChI=1S/C17H13NO4S/c1-12-6-8-13(9-7-12)23(21,22)11-10-18-16(19)14-4-2-3-5-15(14)17(18)20/h2-11H,1H3/b11-10-. The van der Waals surface area contributed by atoms with Gasteiger partial charge in [-0.05, 0) is 31.2 Å². The van der Waals surface area contributed by atoms with Gasteiger partial charge in [0, 0.05) is 6.20 Å². The van der Waals surface area contributed by atoms with Crippen LogP contribution in [0.3, 0.4) is 0 Å². The Bertz CT molecular complexity index is 892. The minimum Gasteiger partial charge on any atom is -0.268 e. The van der Waals surface area contributed by atoms with Gasteiger partial charge in [-0.25, -0.2) is 13.3 Å². The minimum absolute atomic E-state index is 0.107. The quantitative estimate of drug-likeness (QED) is 0.812. The summed E-state index contributed by atoms with van der Waals surface area (Å²) in [7, 11) is -3.73. The Hall–Kier alpha value is -2.73. The van der Waals surface area contributed by atoms with Crippen molar-refractivity contribution in [3.05, 3.63) is 76.8 Å². The Morgan fingerprint density at radius 3 is 1.91 bits per heavy atom. The van der Waals surface area contributed by atoms with Gasteiger partial charge >= 0.3 is 0 Å². The van der Waals surface area contributed by atoms with Gasteiger partial charge in [-0.15, -0.1) is 0 Å². The van der Waals surface area contributed by atoms with Crippen molar-refractivity contribution < 1.29 is 18.0 Å². The van der Waals surface area contributed by atoms with Crippen LogP contribution in [0.5, 0.6) is 0 Å². The number of benzene rings is 2. The maximum atomic E-state index is 12.3. The molecule has 0 aliphatic carbocycles. The van der Waals surface area contributed by atoms with Gasteiger partial charge in [-0.1, -0.05) is 29.8 Å². The number of fused-ring (bicyclic) bond motifs is 1. The van der Waals surface area contributed by atoms with Gasteiger partial charge in [0.25, 0.3) is 11.8 Å². The maximum absolute atomic E-state index is 12.3. The van der Waals surface area contributed by atoms with Crippen LogP contribution in [0.1, 0.15) is 26.3 Å². The summed E-state index contributed by atoms with van der Waals surface area (Å²) in [5.74, 6) is -1.05. The molecule has 2 aromatic rings. The largest absolute Gasteiger partial charge is 0.268 e. The Kier molecular flexibility index (Phi) is 3.61. The van der Waals surface area contributed by atoms with E-state index >= 15 is 0 Å². The van der Waals surface area contributed by atoms with E-state index in [4.69, 9.17) is 0 Å². The molecule has 23 heavy (non-hydrogen) atoms. The number of nitrogens with zero attached hydrogens (tertiary/aromatic N) is 1. The predicted octanol–water partition coefficient (Wildman–Crippen LogP) is 2.54. The van der Waals surface area contributed by atoms with Crippen LogP contribution < -0.4 is 0 Å². The van der Waals surface area contributed by atoms with Crippen LogP contribution in [0, 0.1) is 6.92 Å². The molecule has 0 saturated carbocycles. The zero-order chi connectivity index (χ0) is 16.6. The number of imide groups is 1. The molecule has 0 bridgehead atoms. The molecule has 1 aliphatic rings. The Labute approximate surface area is 133 Å². The molecule has 116 valence electrons. The zero-order valence-electron chi connectivity index (χ0n) is 12.3. The van der Waals surface area contributed by atoms with Crippen LogP contribution in [0.25, 0.3) is 0 Å². The molecule has 2 aromatic carbocycles. The first kappa shape index (κ1) is 15.2. The molecule has 0 saturated heterocycles. The highest BCUT2D eigenvalue weighted by molar-refractivity contribution is 7.94. The number of carbonyl (C=O) groups excluding carboxylic acids is 2. The zero-order valence-corrected chi connectivity index (χ0v) is 13.1. The summed E-state index contributed by atoms with van der Waals surface area (Å²) in [6, 6.07) is 12.7. The summed E-state index contributed by atoms with van der Waals surface area (Å²) in [6.07, 6.45) is 1.01. The first-order valence-corrected chi connectivity index (χ1v) is 8.42. The molecule has 0 atom stereocenters. The van der Waals surface area contributed by atoms with Crippen LogP contribution in [-0.2, 0) is 9.84 Å². The fourth-order valence-electron chi connectivity index (χ4n) is 2.29. The molecule has 5 nitrogen and oxygen atoms in total. The summed E-state index contributed by atoms with van der Waals surface area (Å²) < 4.78 is 24.5. The van der Waals surface area contributed by atoms with E-state index in [2.05, 4.69) is 0 Å². The number of sulfone groups is 1. The fraction of sp³-hybridized carbons (Fsp3) is 0.0588. The lowest BCUT2D eigenvalue weighted by atomic mass is 10.1. The van der Waals surface area contributed by atoms with Crippen LogP contribution in [0.4, 0.5) is 0 Å². The lowest BCUT2D eigenvalue weighted by Gasteiger charge is -2.07. The minimum atomic E-state index is -3.73. The third-order valence-electron chi connectivity index (χ3n) is 3.56. The van der Waals surface area contributed by atoms with Gasteiger partial charge in [0.15, 0.2) is 0 Å². The molecule has 2 amide bonds. The summed E-state index contributed by atoms with van der Waals surface area (Å²) >= 11 is 0. The smallest absolute Gasteiger partial charge is 0.265 e. The van der Waals surface area contributed by atoms with Crippen LogP contribution in [-0.4, -0.2) is 25.1 Å². The fourth-order valence-corrected chi connectivity index (χ4v) is 3.25. The molecule has 1 heterocycles. The van der Waals surface area contributed by atoms with Crippen molar-refractivity contribution in [2.45, 2.75) is 11.8 Å². The summed E-state index contributed by atoms with van der Waals surface area (Å²) in [6.45, 7) is 1.85. The molecule has 0 radical (unpaired) electrons. The van der Waals surface area contributed by atoms with Crippen molar-refractivity contribution in [3.63, 3.8) is 0 Å². The lowest BCUT2D eigenvalue weighted by Crippen LogP contribution is -2.23. The molecular weight excluding hydrogens is 314 g/mol. The first-order chi connectivity index (χ1) is 10.9. The highest BCUT2D eigenvalue weighted by Gasteiger charge is 2.33. The van der Waals surface area contributed by atoms with Gasteiger partial charge in [0.1, 0.15) is 0 Å². The van der Waals surface area contributed by atoms with Crippen LogP contribution >= 0.6 is 0 Å². The van der Waals surface area contributed by atoms with Gasteiger partial charge in [0.2, 0.25) is 9.84 Å². The molecule has 6 heteroatoms. The summed E-state index contributed by atoms with van der Waals surface area (Å²) in [4.78, 5) is 25.3. The second-order valence-corrected chi connectivity index (χ2v) is 7.00. The summed E-state index contributed by atoms with van der Waals surface area (Å²) in [5.41, 5.74) is 1.48. The molecule has 0 unspecified atom stereocenters. The maximum Gasteiger partial charge on any atom is 0.265 e. The predicted molar refractivity (Wildman–Crippen MR) is 84.4 cm³/mol. The van der Waals surface area contributed by atoms with E-state index < -0.39 is 21.7 Å². The summed E-state index contributed by atoms with van der Waals surface area (Å²) in [5, 5.41) is 0.874. The molecule has 0 spiro atoms. The van der Waals surface area contributed by atoms with E-state index in [1.54, 1.807) is 24.3 Å². The first-order valence-electron chi connectivity index (χ1n) is 6.87. The monoisotopic (exact) mass is 327 g/mol. The lowest BCUT2D eigenvalue weighted by molar-refractivity contribution is 0.0722. The van der Waals surface area contributed by atoms with Gasteiger partial charge in [0.05, 0.1) is 21.4 Å². The number of hydrogen-bond acceptors (Lipinski definition) is 4. The molecule has 1 aliphatic heterocycles. The Morgan fingerprint density at radius 2 is 1.39 bits per heavy atom. The third kappa shape index (κ3) is 2.68. The van der Waals surface area contributed by atoms with Crippen molar-refractivity contribution in [1.29, 1.82) is 0 Å². The van der Waals surface area contributed by atoms with E-state index in [1.165, 1.54) is 24.3 Å². The number of aryl methyl sites for hydroxylation is 1. The van der Waals surface area contributed by atoms with E-state index in [1.807, 2.05) is 6.92 Å². The SMILES string of the molecule is Cc1ccc(S(=O)(=O)/C=C\N2C(=O)c3ccccc3C2=O)cc1. The number of rotatable bonds is 3. The molecule has 0 N–H and O–H groups in total. The number of carbonyl (C=O) groups is 2. The average molecular weight is 327 g/mol. The van der Waals surface area contributed by atoms with Crippen molar-refractivity contribution >= 4 is 21.7 Å². The highest BCUT2D eigenvalue weighted by atomic mass is 32.2. The van der Waals surface area contributed by atoms with E-state index in [9.17, 15) is 18.0 Å². The molecule has 3 rings (SSSR count). The van der Waals surface area contributed by atoms with Crippen molar-refractivity contribution in [1.82, 2.24) is 4.90 Å². The van der Waals surface area contributed by atoms with E-state index in [0.29, 0.717) is 0 Å². The third-order valence-corrected chi connectivity index (χ3v) is 4.97. The van der Waals surface area contributed by atoms with Crippen molar-refractivity contribution in [3.8, 4) is 0 Å². The topological polar surface area (TPSA) is 71.5 Å². The number of hydrogen-bond donors (Lipinski definition) is 0. The Morgan fingerprint density at radius 1 is 0.870 bits per heavy atom. The van der Waals surface area contributed by atoms with E-state index in [0.717, 1.165) is 22.1 Å².